The largest absolute Gasteiger partial charge is 0.497 e. The molecule has 0 fully saturated rings. The Kier molecular flexibility index (Phi) is 4.16. The van der Waals surface area contributed by atoms with Crippen LogP contribution in [0.3, 0.4) is 0 Å². The van der Waals surface area contributed by atoms with E-state index in [1.807, 2.05) is 6.07 Å². The average molecular weight is 323 g/mol. The number of methoxy groups -OCH3 is 2. The van der Waals surface area contributed by atoms with Gasteiger partial charge in [-0.25, -0.2) is 0 Å². The first-order valence-electron chi connectivity index (χ1n) is 7.52. The molecule has 2 aromatic rings. The van der Waals surface area contributed by atoms with Gasteiger partial charge in [0.05, 0.1) is 19.8 Å². The number of hydrogen-bond donors (Lipinski definition) is 0. The second-order valence-corrected chi connectivity index (χ2v) is 5.52. The molecule has 0 radical (unpaired) electrons. The predicted molar refractivity (Wildman–Crippen MR) is 88.8 cm³/mol. The van der Waals surface area contributed by atoms with Gasteiger partial charge in [-0.15, -0.1) is 0 Å². The molecule has 1 aliphatic carbocycles. The third kappa shape index (κ3) is 2.58. The Morgan fingerprint density at radius 2 is 1.83 bits per heavy atom. The van der Waals surface area contributed by atoms with Crippen LogP contribution in [-0.2, 0) is 6.42 Å². The maximum absolute atomic E-state index is 12.8. The number of ketones is 2. The summed E-state index contributed by atoms with van der Waals surface area (Å²) >= 11 is 0. The average Bonchev–Trinajstić information content (AvgIpc) is 2.63. The van der Waals surface area contributed by atoms with Gasteiger partial charge in [-0.05, 0) is 37.3 Å². The zero-order valence-electron chi connectivity index (χ0n) is 13.8. The van der Waals surface area contributed by atoms with E-state index >= 15 is 0 Å². The van der Waals surface area contributed by atoms with Gasteiger partial charge in [0.15, 0.2) is 5.78 Å². The molecule has 3 rings (SSSR count). The van der Waals surface area contributed by atoms with E-state index in [0.29, 0.717) is 34.6 Å². The summed E-state index contributed by atoms with van der Waals surface area (Å²) in [6.07, 6.45) is 1.82. The monoisotopic (exact) mass is 323 g/mol. The zero-order chi connectivity index (χ0) is 17.3. The van der Waals surface area contributed by atoms with Gasteiger partial charge in [-0.2, -0.15) is 0 Å². The minimum absolute atomic E-state index is 0.167. The summed E-state index contributed by atoms with van der Waals surface area (Å²) < 4.78 is 10.6. The van der Waals surface area contributed by atoms with Crippen molar-refractivity contribution in [1.29, 1.82) is 0 Å². The van der Waals surface area contributed by atoms with Gasteiger partial charge >= 0.3 is 0 Å². The zero-order valence-corrected chi connectivity index (χ0v) is 13.8. The van der Waals surface area contributed by atoms with Crippen LogP contribution in [0.15, 0.2) is 47.7 Å². The number of aromatic nitrogens is 1. The molecule has 1 aromatic heterocycles. The van der Waals surface area contributed by atoms with E-state index in [1.54, 1.807) is 45.4 Å². The molecule has 5 nitrogen and oxygen atoms in total. The van der Waals surface area contributed by atoms with E-state index in [4.69, 9.17) is 9.47 Å². The molecule has 1 aromatic carbocycles. The van der Waals surface area contributed by atoms with Crippen molar-refractivity contribution in [2.75, 3.05) is 14.2 Å². The lowest BCUT2D eigenvalue weighted by Crippen LogP contribution is -2.23. The maximum atomic E-state index is 12.8. The molecule has 24 heavy (non-hydrogen) atoms. The Labute approximate surface area is 139 Å². The quantitative estimate of drug-likeness (QED) is 0.865. The number of ether oxygens (including phenoxy) is 2. The predicted octanol–water partition coefficient (Wildman–Crippen LogP) is 3.04. The third-order valence-electron chi connectivity index (χ3n) is 4.19. The summed E-state index contributed by atoms with van der Waals surface area (Å²) in [6, 6.07) is 8.69. The Hall–Kier alpha value is -2.95. The Bertz CT molecular complexity index is 867. The Morgan fingerprint density at radius 1 is 1.04 bits per heavy atom. The normalized spacial score (nSPS) is 13.8. The molecule has 1 heterocycles. The lowest BCUT2D eigenvalue weighted by Gasteiger charge is -2.19. The number of benzene rings is 1. The van der Waals surface area contributed by atoms with E-state index in [1.165, 1.54) is 6.20 Å². The van der Waals surface area contributed by atoms with Crippen molar-refractivity contribution in [3.05, 3.63) is 64.5 Å². The summed E-state index contributed by atoms with van der Waals surface area (Å²) in [5, 5.41) is 0. The number of nitrogens with zero attached hydrogens (tertiary/aromatic N) is 1. The van der Waals surface area contributed by atoms with Crippen molar-refractivity contribution < 1.29 is 19.1 Å². The number of allylic oxidation sites excluding steroid dienone is 2. The fraction of sp³-hybridized carbons (Fsp3) is 0.211. The van der Waals surface area contributed by atoms with E-state index in [2.05, 4.69) is 4.98 Å². The van der Waals surface area contributed by atoms with Crippen LogP contribution in [0, 0.1) is 0 Å². The Balaban J connectivity index is 2.06. The second-order valence-electron chi connectivity index (χ2n) is 5.52. The molecule has 0 saturated heterocycles. The number of pyridine rings is 1. The lowest BCUT2D eigenvalue weighted by atomic mass is 9.84. The summed E-state index contributed by atoms with van der Waals surface area (Å²) in [4.78, 5) is 29.4. The van der Waals surface area contributed by atoms with Gasteiger partial charge in [0, 0.05) is 29.3 Å². The molecule has 5 heteroatoms. The first-order chi connectivity index (χ1) is 11.6. The van der Waals surface area contributed by atoms with Crippen LogP contribution >= 0.6 is 0 Å². The van der Waals surface area contributed by atoms with E-state index < -0.39 is 0 Å². The minimum atomic E-state index is -0.206. The summed E-state index contributed by atoms with van der Waals surface area (Å²) in [7, 11) is 3.15. The van der Waals surface area contributed by atoms with E-state index in [-0.39, 0.29) is 17.3 Å². The van der Waals surface area contributed by atoms with E-state index in [0.717, 1.165) is 5.56 Å². The van der Waals surface area contributed by atoms with Crippen LogP contribution in [0.5, 0.6) is 11.5 Å². The smallest absolute Gasteiger partial charge is 0.208 e. The number of Topliss-reactive ketones (excluding diaryl/α,β-unsaturated/α-hetero) is 2. The van der Waals surface area contributed by atoms with Crippen LogP contribution in [0.4, 0.5) is 0 Å². The SMILES string of the molecule is COc1ccc(OC)c(CC2=C(C)C(=O)c3ncccc3C2=O)c1. The maximum Gasteiger partial charge on any atom is 0.208 e. The highest BCUT2D eigenvalue weighted by Crippen LogP contribution is 2.31. The van der Waals surface area contributed by atoms with Gasteiger partial charge < -0.3 is 9.47 Å². The van der Waals surface area contributed by atoms with Crippen molar-refractivity contribution in [2.45, 2.75) is 13.3 Å². The van der Waals surface area contributed by atoms with Crippen molar-refractivity contribution >= 4 is 11.6 Å². The van der Waals surface area contributed by atoms with Gasteiger partial charge in [0.1, 0.15) is 17.2 Å². The lowest BCUT2D eigenvalue weighted by molar-refractivity contribution is 0.0969. The molecule has 1 aliphatic rings. The van der Waals surface area contributed by atoms with Gasteiger partial charge in [-0.3, -0.25) is 14.6 Å². The topological polar surface area (TPSA) is 65.5 Å². The molecule has 0 unspecified atom stereocenters. The van der Waals surface area contributed by atoms with Crippen molar-refractivity contribution in [1.82, 2.24) is 4.98 Å². The number of fused-ring (bicyclic) bond motifs is 1. The van der Waals surface area contributed by atoms with Crippen LogP contribution < -0.4 is 9.47 Å². The van der Waals surface area contributed by atoms with Gasteiger partial charge in [-0.1, -0.05) is 0 Å². The van der Waals surface area contributed by atoms with Crippen molar-refractivity contribution in [3.63, 3.8) is 0 Å². The number of carbonyl (C=O) groups excluding carboxylic acids is 2. The molecule has 0 aliphatic heterocycles. The molecular formula is C19H17NO4. The molecule has 0 atom stereocenters. The second kappa shape index (κ2) is 6.28. The van der Waals surface area contributed by atoms with Gasteiger partial charge in [0.2, 0.25) is 5.78 Å². The first kappa shape index (κ1) is 15.9. The highest BCUT2D eigenvalue weighted by molar-refractivity contribution is 6.26. The molecular weight excluding hydrogens is 306 g/mol. The molecule has 0 amide bonds. The highest BCUT2D eigenvalue weighted by Gasteiger charge is 2.31. The molecule has 0 N–H and O–H groups in total. The summed E-state index contributed by atoms with van der Waals surface area (Å²) in [6.45, 7) is 1.67. The Morgan fingerprint density at radius 3 is 2.54 bits per heavy atom. The number of hydrogen-bond acceptors (Lipinski definition) is 5. The summed E-state index contributed by atoms with van der Waals surface area (Å²) in [5.74, 6) is 0.941. The van der Waals surface area contributed by atoms with Crippen LogP contribution in [0.2, 0.25) is 0 Å². The van der Waals surface area contributed by atoms with Gasteiger partial charge in [0.25, 0.3) is 0 Å². The third-order valence-corrected chi connectivity index (χ3v) is 4.19. The fourth-order valence-electron chi connectivity index (χ4n) is 2.84. The van der Waals surface area contributed by atoms with Crippen LogP contribution in [-0.4, -0.2) is 30.8 Å². The van der Waals surface area contributed by atoms with Crippen molar-refractivity contribution in [2.24, 2.45) is 0 Å². The number of rotatable bonds is 4. The van der Waals surface area contributed by atoms with E-state index in [9.17, 15) is 9.59 Å². The fourth-order valence-corrected chi connectivity index (χ4v) is 2.84. The minimum Gasteiger partial charge on any atom is -0.497 e. The molecule has 122 valence electrons. The number of carbonyl (C=O) groups is 2. The van der Waals surface area contributed by atoms with Crippen LogP contribution in [0.1, 0.15) is 33.3 Å². The molecule has 0 bridgehead atoms. The molecule has 0 spiro atoms. The summed E-state index contributed by atoms with van der Waals surface area (Å²) in [5.41, 5.74) is 2.26. The first-order valence-corrected chi connectivity index (χ1v) is 7.52. The van der Waals surface area contributed by atoms with Crippen molar-refractivity contribution in [3.8, 4) is 11.5 Å². The standard InChI is InChI=1S/C19H17NO4/c1-11-15(10-12-9-13(23-2)6-7-16(12)24-3)19(22)14-5-4-8-20-17(14)18(11)21/h4-9H,10H2,1-3H3. The highest BCUT2D eigenvalue weighted by atomic mass is 16.5. The van der Waals surface area contributed by atoms with Crippen LogP contribution in [0.25, 0.3) is 0 Å². The molecule has 0 saturated carbocycles.